The van der Waals surface area contributed by atoms with Gasteiger partial charge in [-0.1, -0.05) is 45.0 Å². The van der Waals surface area contributed by atoms with Crippen molar-refractivity contribution >= 4 is 11.5 Å². The number of aromatic nitrogens is 2. The van der Waals surface area contributed by atoms with E-state index < -0.39 is 0 Å². The van der Waals surface area contributed by atoms with Crippen LogP contribution in [0.4, 0.5) is 11.5 Å². The van der Waals surface area contributed by atoms with E-state index in [1.165, 1.54) is 5.56 Å². The van der Waals surface area contributed by atoms with Crippen LogP contribution in [-0.4, -0.2) is 23.2 Å². The van der Waals surface area contributed by atoms with E-state index >= 15 is 0 Å². The number of nitrogens with zero attached hydrogens (tertiary/aromatic N) is 2. The average molecular weight is 375 g/mol. The van der Waals surface area contributed by atoms with Gasteiger partial charge in [0.2, 0.25) is 0 Å². The highest BCUT2D eigenvalue weighted by atomic mass is 16.6. The van der Waals surface area contributed by atoms with Crippen LogP contribution in [0, 0.1) is 6.92 Å². The first-order valence-electron chi connectivity index (χ1n) is 9.52. The van der Waals surface area contributed by atoms with Crippen LogP contribution in [0.3, 0.4) is 0 Å². The lowest BCUT2D eigenvalue weighted by atomic mass is 9.86. The molecule has 1 aliphatic heterocycles. The Hall–Kier alpha value is -3.08. The predicted molar refractivity (Wildman–Crippen MR) is 112 cm³/mol. The third-order valence-corrected chi connectivity index (χ3v) is 4.70. The number of benzene rings is 2. The van der Waals surface area contributed by atoms with Gasteiger partial charge in [-0.25, -0.2) is 9.97 Å². The SMILES string of the molecule is Cc1nc(Nc2ccc3c(c2)OCCO3)cc(-c2ccc(C(C)(C)C)cc2)n1. The summed E-state index contributed by atoms with van der Waals surface area (Å²) in [5.41, 5.74) is 4.30. The monoisotopic (exact) mass is 375 g/mol. The van der Waals surface area contributed by atoms with E-state index in [1.807, 2.05) is 31.2 Å². The lowest BCUT2D eigenvalue weighted by Crippen LogP contribution is -2.15. The zero-order chi connectivity index (χ0) is 19.7. The molecule has 0 aliphatic carbocycles. The van der Waals surface area contributed by atoms with Crippen molar-refractivity contribution in [2.75, 3.05) is 18.5 Å². The van der Waals surface area contributed by atoms with Crippen LogP contribution >= 0.6 is 0 Å². The zero-order valence-corrected chi connectivity index (χ0v) is 16.7. The van der Waals surface area contributed by atoms with E-state index in [9.17, 15) is 0 Å². The molecule has 5 heteroatoms. The van der Waals surface area contributed by atoms with Gasteiger partial charge in [-0.05, 0) is 30.0 Å². The quantitative estimate of drug-likeness (QED) is 0.676. The smallest absolute Gasteiger partial charge is 0.163 e. The Kier molecular flexibility index (Phi) is 4.67. The maximum Gasteiger partial charge on any atom is 0.163 e. The Morgan fingerprint density at radius 3 is 2.29 bits per heavy atom. The van der Waals surface area contributed by atoms with Gasteiger partial charge in [0.15, 0.2) is 11.5 Å². The number of rotatable bonds is 3. The summed E-state index contributed by atoms with van der Waals surface area (Å²) in [5, 5.41) is 3.35. The van der Waals surface area contributed by atoms with Crippen molar-refractivity contribution in [3.8, 4) is 22.8 Å². The second-order valence-corrected chi connectivity index (χ2v) is 8.00. The Morgan fingerprint density at radius 2 is 1.57 bits per heavy atom. The Balaban J connectivity index is 1.60. The van der Waals surface area contributed by atoms with Crippen molar-refractivity contribution in [3.63, 3.8) is 0 Å². The largest absolute Gasteiger partial charge is 0.486 e. The van der Waals surface area contributed by atoms with Gasteiger partial charge in [-0.2, -0.15) is 0 Å². The van der Waals surface area contributed by atoms with E-state index in [-0.39, 0.29) is 5.41 Å². The van der Waals surface area contributed by atoms with Gasteiger partial charge in [0.25, 0.3) is 0 Å². The number of fused-ring (bicyclic) bond motifs is 1. The summed E-state index contributed by atoms with van der Waals surface area (Å²) >= 11 is 0. The summed E-state index contributed by atoms with van der Waals surface area (Å²) < 4.78 is 11.2. The second kappa shape index (κ2) is 7.15. The van der Waals surface area contributed by atoms with Crippen LogP contribution in [0.25, 0.3) is 11.3 Å². The van der Waals surface area contributed by atoms with Crippen LogP contribution in [-0.2, 0) is 5.41 Å². The van der Waals surface area contributed by atoms with Gasteiger partial charge >= 0.3 is 0 Å². The van der Waals surface area contributed by atoms with Gasteiger partial charge in [-0.15, -0.1) is 0 Å². The van der Waals surface area contributed by atoms with Crippen LogP contribution < -0.4 is 14.8 Å². The highest BCUT2D eigenvalue weighted by Gasteiger charge is 2.15. The van der Waals surface area contributed by atoms with Gasteiger partial charge < -0.3 is 14.8 Å². The minimum absolute atomic E-state index is 0.130. The lowest BCUT2D eigenvalue weighted by Gasteiger charge is -2.19. The predicted octanol–water partition coefficient (Wildman–Crippen LogP) is 5.26. The molecule has 0 saturated carbocycles. The molecule has 1 N–H and O–H groups in total. The fraction of sp³-hybridized carbons (Fsp3) is 0.304. The number of hydrogen-bond acceptors (Lipinski definition) is 5. The van der Waals surface area contributed by atoms with E-state index in [0.29, 0.717) is 13.2 Å². The van der Waals surface area contributed by atoms with Gasteiger partial charge in [0.1, 0.15) is 24.9 Å². The molecule has 1 aliphatic rings. The van der Waals surface area contributed by atoms with Gasteiger partial charge in [0.05, 0.1) is 5.69 Å². The number of hydrogen-bond donors (Lipinski definition) is 1. The summed E-state index contributed by atoms with van der Waals surface area (Å²) in [5.74, 6) is 2.99. The highest BCUT2D eigenvalue weighted by Crippen LogP contribution is 2.34. The zero-order valence-electron chi connectivity index (χ0n) is 16.7. The summed E-state index contributed by atoms with van der Waals surface area (Å²) in [4.78, 5) is 9.14. The molecule has 0 spiro atoms. The summed E-state index contributed by atoms with van der Waals surface area (Å²) in [6.07, 6.45) is 0. The summed E-state index contributed by atoms with van der Waals surface area (Å²) in [7, 11) is 0. The Morgan fingerprint density at radius 1 is 0.857 bits per heavy atom. The molecular weight excluding hydrogens is 350 g/mol. The highest BCUT2D eigenvalue weighted by molar-refractivity contribution is 5.67. The first-order valence-corrected chi connectivity index (χ1v) is 9.52. The van der Waals surface area contributed by atoms with E-state index in [1.54, 1.807) is 0 Å². The molecule has 2 heterocycles. The van der Waals surface area contributed by atoms with Crippen molar-refractivity contribution in [1.82, 2.24) is 9.97 Å². The van der Waals surface area contributed by atoms with Crippen molar-refractivity contribution in [2.24, 2.45) is 0 Å². The molecule has 0 fully saturated rings. The molecule has 0 bridgehead atoms. The normalized spacial score (nSPS) is 13.3. The van der Waals surface area contributed by atoms with Crippen molar-refractivity contribution in [2.45, 2.75) is 33.1 Å². The first kappa shape index (κ1) is 18.3. The third kappa shape index (κ3) is 3.93. The number of aryl methyl sites for hydroxylation is 1. The van der Waals surface area contributed by atoms with Crippen LogP contribution in [0.15, 0.2) is 48.5 Å². The van der Waals surface area contributed by atoms with Gasteiger partial charge in [0, 0.05) is 23.4 Å². The molecule has 3 aromatic rings. The fourth-order valence-electron chi connectivity index (χ4n) is 3.19. The molecule has 1 aromatic heterocycles. The van der Waals surface area contributed by atoms with Crippen LogP contribution in [0.5, 0.6) is 11.5 Å². The van der Waals surface area contributed by atoms with E-state index in [4.69, 9.17) is 9.47 Å². The summed E-state index contributed by atoms with van der Waals surface area (Å²) in [6, 6.07) is 16.4. The maximum absolute atomic E-state index is 5.66. The topological polar surface area (TPSA) is 56.3 Å². The van der Waals surface area contributed by atoms with Crippen LogP contribution in [0.1, 0.15) is 32.2 Å². The minimum atomic E-state index is 0.130. The number of ether oxygens (including phenoxy) is 2. The molecule has 5 nitrogen and oxygen atoms in total. The van der Waals surface area contributed by atoms with Crippen molar-refractivity contribution < 1.29 is 9.47 Å². The van der Waals surface area contributed by atoms with E-state index in [2.05, 4.69) is 60.3 Å². The molecular formula is C23H25N3O2. The molecule has 0 radical (unpaired) electrons. The molecule has 0 amide bonds. The van der Waals surface area contributed by atoms with E-state index in [0.717, 1.165) is 40.1 Å². The van der Waals surface area contributed by atoms with Crippen molar-refractivity contribution in [1.29, 1.82) is 0 Å². The molecule has 4 rings (SSSR count). The molecule has 144 valence electrons. The molecule has 28 heavy (non-hydrogen) atoms. The standard InChI is InChI=1S/C23H25N3O2/c1-15-24-19(16-5-7-17(8-6-16)23(2,3)4)14-22(25-15)26-18-9-10-20-21(13-18)28-12-11-27-20/h5-10,13-14H,11-12H2,1-4H3,(H,24,25,26). The Bertz CT molecular complexity index is 992. The molecule has 2 aromatic carbocycles. The van der Waals surface area contributed by atoms with Crippen molar-refractivity contribution in [3.05, 3.63) is 59.9 Å². The first-order chi connectivity index (χ1) is 13.4. The molecule has 0 saturated heterocycles. The minimum Gasteiger partial charge on any atom is -0.486 e. The fourth-order valence-corrected chi connectivity index (χ4v) is 3.19. The third-order valence-electron chi connectivity index (χ3n) is 4.70. The number of nitrogens with one attached hydrogen (secondary N) is 1. The average Bonchev–Trinajstić information content (AvgIpc) is 2.67. The summed E-state index contributed by atoms with van der Waals surface area (Å²) in [6.45, 7) is 9.70. The second-order valence-electron chi connectivity index (χ2n) is 8.00. The lowest BCUT2D eigenvalue weighted by molar-refractivity contribution is 0.171. The van der Waals surface area contributed by atoms with Gasteiger partial charge in [-0.3, -0.25) is 0 Å². The Labute approximate surface area is 165 Å². The molecule has 0 atom stereocenters. The number of anilines is 2. The molecule has 0 unspecified atom stereocenters. The maximum atomic E-state index is 5.66. The van der Waals surface area contributed by atoms with Crippen LogP contribution in [0.2, 0.25) is 0 Å².